The average molecular weight is 294 g/mol. The van der Waals surface area contributed by atoms with Crippen LogP contribution >= 0.6 is 15.9 Å². The van der Waals surface area contributed by atoms with Gasteiger partial charge >= 0.3 is 5.97 Å². The maximum atomic E-state index is 11.5. The van der Waals surface area contributed by atoms with Gasteiger partial charge in [0, 0.05) is 11.8 Å². The maximum absolute atomic E-state index is 11.5. The highest BCUT2D eigenvalue weighted by atomic mass is 79.9. The highest BCUT2D eigenvalue weighted by molar-refractivity contribution is 9.09. The molecule has 0 rings (SSSR count). The molecule has 0 spiro atoms. The number of carbonyl (C=O) groups excluding carboxylic acids is 2. The molecule has 0 aliphatic carbocycles. The lowest BCUT2D eigenvalue weighted by Crippen LogP contribution is -2.49. The Kier molecular flexibility index (Phi) is 6.64. The minimum atomic E-state index is -0.597. The number of methoxy groups -OCH3 is 1. The summed E-state index contributed by atoms with van der Waals surface area (Å²) in [7, 11) is 1.33. The molecule has 5 heteroatoms. The van der Waals surface area contributed by atoms with Crippen LogP contribution < -0.4 is 5.32 Å². The maximum Gasteiger partial charge on any atom is 0.328 e. The summed E-state index contributed by atoms with van der Waals surface area (Å²) in [6, 6.07) is -0.597. The van der Waals surface area contributed by atoms with E-state index >= 15 is 0 Å². The fourth-order valence-corrected chi connectivity index (χ4v) is 1.49. The van der Waals surface area contributed by atoms with E-state index in [1.807, 2.05) is 20.8 Å². The van der Waals surface area contributed by atoms with Gasteiger partial charge in [-0.05, 0) is 11.8 Å². The molecule has 0 aliphatic rings. The summed E-state index contributed by atoms with van der Waals surface area (Å²) in [5.41, 5.74) is -0.350. The van der Waals surface area contributed by atoms with Crippen molar-refractivity contribution in [3.8, 4) is 0 Å². The van der Waals surface area contributed by atoms with Crippen LogP contribution in [-0.4, -0.2) is 30.4 Å². The molecule has 0 aromatic heterocycles. The zero-order chi connectivity index (χ0) is 12.8. The number of hydrogen-bond acceptors (Lipinski definition) is 3. The number of carbonyl (C=O) groups is 2. The van der Waals surface area contributed by atoms with Crippen LogP contribution in [0.25, 0.3) is 0 Å². The van der Waals surface area contributed by atoms with E-state index in [-0.39, 0.29) is 11.3 Å². The van der Waals surface area contributed by atoms with Crippen molar-refractivity contribution in [2.75, 3.05) is 12.4 Å². The van der Waals surface area contributed by atoms with Crippen molar-refractivity contribution in [3.05, 3.63) is 0 Å². The summed E-state index contributed by atoms with van der Waals surface area (Å²) < 4.78 is 4.68. The van der Waals surface area contributed by atoms with E-state index in [4.69, 9.17) is 0 Å². The van der Waals surface area contributed by atoms with Crippen LogP contribution in [0.3, 0.4) is 0 Å². The SMILES string of the molecule is COC(=O)[C@@H](NC(=O)CCCBr)C(C)(C)C. The molecule has 0 bridgehead atoms. The van der Waals surface area contributed by atoms with Crippen molar-refractivity contribution in [2.45, 2.75) is 39.7 Å². The molecule has 16 heavy (non-hydrogen) atoms. The second kappa shape index (κ2) is 6.89. The van der Waals surface area contributed by atoms with Gasteiger partial charge in [0.2, 0.25) is 5.91 Å². The van der Waals surface area contributed by atoms with Crippen molar-refractivity contribution < 1.29 is 14.3 Å². The molecule has 0 unspecified atom stereocenters. The minimum absolute atomic E-state index is 0.121. The summed E-state index contributed by atoms with van der Waals surface area (Å²) in [4.78, 5) is 23.1. The molecule has 0 heterocycles. The lowest BCUT2D eigenvalue weighted by molar-refractivity contribution is -0.148. The molecule has 0 aliphatic heterocycles. The largest absolute Gasteiger partial charge is 0.467 e. The lowest BCUT2D eigenvalue weighted by Gasteiger charge is -2.28. The van der Waals surface area contributed by atoms with E-state index < -0.39 is 12.0 Å². The van der Waals surface area contributed by atoms with Crippen LogP contribution in [0, 0.1) is 5.41 Å². The van der Waals surface area contributed by atoms with Gasteiger partial charge in [0.15, 0.2) is 0 Å². The molecule has 94 valence electrons. The molecule has 0 radical (unpaired) electrons. The van der Waals surface area contributed by atoms with Gasteiger partial charge in [0.05, 0.1) is 7.11 Å². The quantitative estimate of drug-likeness (QED) is 0.622. The Morgan fingerprint density at radius 2 is 1.94 bits per heavy atom. The Morgan fingerprint density at radius 3 is 2.31 bits per heavy atom. The van der Waals surface area contributed by atoms with Crippen molar-refractivity contribution in [1.82, 2.24) is 5.32 Å². The summed E-state index contributed by atoms with van der Waals surface area (Å²) in [6.07, 6.45) is 1.17. The van der Waals surface area contributed by atoms with Crippen LogP contribution in [0.1, 0.15) is 33.6 Å². The Bertz CT molecular complexity index is 248. The van der Waals surface area contributed by atoms with Gasteiger partial charge in [0.25, 0.3) is 0 Å². The number of rotatable bonds is 5. The normalized spacial score (nSPS) is 13.1. The summed E-state index contributed by atoms with van der Waals surface area (Å²) in [5, 5.41) is 3.48. The first kappa shape index (κ1) is 15.4. The first-order chi connectivity index (χ1) is 7.32. The van der Waals surface area contributed by atoms with Gasteiger partial charge in [-0.1, -0.05) is 36.7 Å². The van der Waals surface area contributed by atoms with Gasteiger partial charge in [-0.25, -0.2) is 4.79 Å². The van der Waals surface area contributed by atoms with Crippen LogP contribution in [-0.2, 0) is 14.3 Å². The van der Waals surface area contributed by atoms with Crippen LogP contribution in [0.5, 0.6) is 0 Å². The summed E-state index contributed by atoms with van der Waals surface area (Å²) in [5.74, 6) is -0.524. The molecule has 1 N–H and O–H groups in total. The topological polar surface area (TPSA) is 55.4 Å². The molecule has 0 saturated carbocycles. The fourth-order valence-electron chi connectivity index (χ4n) is 1.21. The van der Waals surface area contributed by atoms with E-state index in [0.717, 1.165) is 11.8 Å². The Balaban J connectivity index is 4.44. The third kappa shape index (κ3) is 5.49. The third-order valence-corrected chi connectivity index (χ3v) is 2.71. The number of alkyl halides is 1. The van der Waals surface area contributed by atoms with E-state index in [0.29, 0.717) is 6.42 Å². The number of amides is 1. The van der Waals surface area contributed by atoms with E-state index in [1.165, 1.54) is 7.11 Å². The molecular weight excluding hydrogens is 274 g/mol. The summed E-state index contributed by atoms with van der Waals surface area (Å²) >= 11 is 3.25. The Labute approximate surface area is 105 Å². The number of nitrogens with one attached hydrogen (secondary N) is 1. The van der Waals surface area contributed by atoms with Crippen LogP contribution in [0.15, 0.2) is 0 Å². The predicted molar refractivity (Wildman–Crippen MR) is 66.4 cm³/mol. The second-order valence-corrected chi connectivity index (χ2v) is 5.48. The second-order valence-electron chi connectivity index (χ2n) is 4.68. The average Bonchev–Trinajstić information content (AvgIpc) is 2.20. The van der Waals surface area contributed by atoms with Crippen molar-refractivity contribution in [2.24, 2.45) is 5.41 Å². The van der Waals surface area contributed by atoms with Gasteiger partial charge < -0.3 is 10.1 Å². The molecule has 1 amide bonds. The number of ether oxygens (including phenoxy) is 1. The molecule has 4 nitrogen and oxygen atoms in total. The third-order valence-electron chi connectivity index (χ3n) is 2.15. The standard InChI is InChI=1S/C11H20BrNO3/c1-11(2,3)9(10(15)16-4)13-8(14)6-5-7-12/h9H,5-7H2,1-4H3,(H,13,14)/t9-/m1/s1. The zero-order valence-electron chi connectivity index (χ0n) is 10.3. The van der Waals surface area contributed by atoms with Crippen molar-refractivity contribution in [3.63, 3.8) is 0 Å². The van der Waals surface area contributed by atoms with Crippen molar-refractivity contribution in [1.29, 1.82) is 0 Å². The first-order valence-electron chi connectivity index (χ1n) is 5.26. The van der Waals surface area contributed by atoms with E-state index in [1.54, 1.807) is 0 Å². The van der Waals surface area contributed by atoms with Gasteiger partial charge in [-0.3, -0.25) is 4.79 Å². The monoisotopic (exact) mass is 293 g/mol. The molecule has 0 fully saturated rings. The van der Waals surface area contributed by atoms with Gasteiger partial charge in [-0.2, -0.15) is 0 Å². The zero-order valence-corrected chi connectivity index (χ0v) is 11.9. The highest BCUT2D eigenvalue weighted by Crippen LogP contribution is 2.20. The predicted octanol–water partition coefficient (Wildman–Crippen LogP) is 1.87. The fraction of sp³-hybridized carbons (Fsp3) is 0.818. The van der Waals surface area contributed by atoms with Crippen LogP contribution in [0.2, 0.25) is 0 Å². The Morgan fingerprint density at radius 1 is 1.38 bits per heavy atom. The number of esters is 1. The first-order valence-corrected chi connectivity index (χ1v) is 6.38. The van der Waals surface area contributed by atoms with Gasteiger partial charge in [0.1, 0.15) is 6.04 Å². The van der Waals surface area contributed by atoms with E-state index in [9.17, 15) is 9.59 Å². The minimum Gasteiger partial charge on any atom is -0.467 e. The van der Waals surface area contributed by atoms with Gasteiger partial charge in [-0.15, -0.1) is 0 Å². The molecular formula is C11H20BrNO3. The molecule has 0 saturated heterocycles. The van der Waals surface area contributed by atoms with E-state index in [2.05, 4.69) is 26.0 Å². The van der Waals surface area contributed by atoms with Crippen LogP contribution in [0.4, 0.5) is 0 Å². The lowest BCUT2D eigenvalue weighted by atomic mass is 9.86. The smallest absolute Gasteiger partial charge is 0.328 e. The molecule has 1 atom stereocenters. The number of hydrogen-bond donors (Lipinski definition) is 1. The highest BCUT2D eigenvalue weighted by Gasteiger charge is 2.33. The summed E-state index contributed by atoms with van der Waals surface area (Å²) in [6.45, 7) is 5.66. The molecule has 0 aromatic rings. The number of halogens is 1. The molecule has 0 aromatic carbocycles. The Hall–Kier alpha value is -0.580. The van der Waals surface area contributed by atoms with Crippen molar-refractivity contribution >= 4 is 27.8 Å².